The van der Waals surface area contributed by atoms with Crippen molar-refractivity contribution in [3.8, 4) is 0 Å². The molecule has 0 saturated carbocycles. The van der Waals surface area contributed by atoms with E-state index in [0.717, 1.165) is 0 Å². The average Bonchev–Trinajstić information content (AvgIpc) is 2.33. The van der Waals surface area contributed by atoms with Gasteiger partial charge in [0.15, 0.2) is 0 Å². The molecular weight excluding hydrogens is 295 g/mol. The lowest BCUT2D eigenvalue weighted by atomic mass is 9.92. The van der Waals surface area contributed by atoms with Crippen molar-refractivity contribution in [2.75, 3.05) is 13.6 Å². The van der Waals surface area contributed by atoms with Crippen LogP contribution in [-0.2, 0) is 9.59 Å². The zero-order chi connectivity index (χ0) is 17.1. The third-order valence-corrected chi connectivity index (χ3v) is 2.89. The second-order valence-electron chi connectivity index (χ2n) is 5.20. The minimum Gasteiger partial charge on any atom is -0.479 e. The van der Waals surface area contributed by atoms with Crippen LogP contribution in [-0.4, -0.2) is 48.3 Å². The molecule has 0 radical (unpaired) electrons. The van der Waals surface area contributed by atoms with Crippen LogP contribution >= 0.6 is 0 Å². The fraction of sp³-hybridized carbons (Fsp3) is 0.727. The van der Waals surface area contributed by atoms with Gasteiger partial charge in [-0.2, -0.15) is 13.2 Å². The number of hydrogen-bond acceptors (Lipinski definition) is 3. The number of carboxylic acids is 1. The Morgan fingerprint density at radius 1 is 1.10 bits per heavy atom. The van der Waals surface area contributed by atoms with Crippen molar-refractivity contribution in [1.29, 1.82) is 0 Å². The SMILES string of the molecule is CNC(=O)C(C)(C)CNC(=O)NC(C)(C(=O)O)C(F)(F)F. The lowest BCUT2D eigenvalue weighted by Crippen LogP contribution is -2.64. The highest BCUT2D eigenvalue weighted by Crippen LogP contribution is 2.30. The maximum atomic E-state index is 12.7. The Morgan fingerprint density at radius 2 is 1.57 bits per heavy atom. The van der Waals surface area contributed by atoms with Gasteiger partial charge in [-0.15, -0.1) is 0 Å². The van der Waals surface area contributed by atoms with Crippen molar-refractivity contribution in [3.05, 3.63) is 0 Å². The second kappa shape index (κ2) is 6.19. The predicted molar refractivity (Wildman–Crippen MR) is 66.5 cm³/mol. The van der Waals surface area contributed by atoms with Gasteiger partial charge >= 0.3 is 18.2 Å². The van der Waals surface area contributed by atoms with Crippen LogP contribution in [0.4, 0.5) is 18.0 Å². The van der Waals surface area contributed by atoms with Gasteiger partial charge in [-0.3, -0.25) is 4.79 Å². The van der Waals surface area contributed by atoms with Crippen LogP contribution in [0.15, 0.2) is 0 Å². The molecule has 0 bridgehead atoms. The van der Waals surface area contributed by atoms with Crippen LogP contribution in [0.2, 0.25) is 0 Å². The van der Waals surface area contributed by atoms with Crippen molar-refractivity contribution in [1.82, 2.24) is 16.0 Å². The van der Waals surface area contributed by atoms with Crippen molar-refractivity contribution in [3.63, 3.8) is 0 Å². The number of alkyl halides is 3. The minimum atomic E-state index is -5.17. The van der Waals surface area contributed by atoms with Crippen molar-refractivity contribution in [2.24, 2.45) is 5.41 Å². The van der Waals surface area contributed by atoms with Crippen molar-refractivity contribution >= 4 is 17.9 Å². The summed E-state index contributed by atoms with van der Waals surface area (Å²) in [4.78, 5) is 33.6. The number of amides is 3. The predicted octanol–water partition coefficient (Wildman–Crippen LogP) is 0.463. The molecule has 0 saturated heterocycles. The molecule has 0 aliphatic rings. The molecule has 7 nitrogen and oxygen atoms in total. The van der Waals surface area contributed by atoms with Crippen LogP contribution in [0, 0.1) is 5.41 Å². The lowest BCUT2D eigenvalue weighted by molar-refractivity contribution is -0.203. The van der Waals surface area contributed by atoms with Gasteiger partial charge in [0.1, 0.15) is 0 Å². The quantitative estimate of drug-likeness (QED) is 0.591. The number of carbonyl (C=O) groups is 3. The highest BCUT2D eigenvalue weighted by atomic mass is 19.4. The molecule has 0 aromatic rings. The van der Waals surface area contributed by atoms with Crippen molar-refractivity contribution in [2.45, 2.75) is 32.5 Å². The van der Waals surface area contributed by atoms with Crippen LogP contribution in [0.25, 0.3) is 0 Å². The number of carbonyl (C=O) groups excluding carboxylic acids is 2. The molecule has 3 amide bonds. The number of urea groups is 1. The molecule has 0 heterocycles. The van der Waals surface area contributed by atoms with E-state index < -0.39 is 35.0 Å². The van der Waals surface area contributed by atoms with E-state index in [1.165, 1.54) is 26.2 Å². The fourth-order valence-corrected chi connectivity index (χ4v) is 1.24. The summed E-state index contributed by atoms with van der Waals surface area (Å²) in [6, 6.07) is -1.34. The third kappa shape index (κ3) is 4.50. The summed E-state index contributed by atoms with van der Waals surface area (Å²) in [5.41, 5.74) is -4.49. The minimum absolute atomic E-state index is 0.272. The van der Waals surface area contributed by atoms with Crippen LogP contribution in [0.5, 0.6) is 0 Å². The van der Waals surface area contributed by atoms with Gasteiger partial charge < -0.3 is 21.1 Å². The maximum absolute atomic E-state index is 12.7. The van der Waals surface area contributed by atoms with Gasteiger partial charge in [0, 0.05) is 13.6 Å². The number of nitrogens with one attached hydrogen (secondary N) is 3. The normalized spacial score (nSPS) is 14.8. The second-order valence-corrected chi connectivity index (χ2v) is 5.20. The van der Waals surface area contributed by atoms with Gasteiger partial charge in [0.2, 0.25) is 11.4 Å². The molecular formula is C11H18F3N3O4. The molecule has 0 aromatic heterocycles. The Morgan fingerprint density at radius 3 is 1.90 bits per heavy atom. The Kier molecular flexibility index (Phi) is 5.60. The highest BCUT2D eigenvalue weighted by molar-refractivity contribution is 5.87. The third-order valence-electron chi connectivity index (χ3n) is 2.89. The average molecular weight is 313 g/mol. The van der Waals surface area contributed by atoms with Gasteiger partial charge in [-0.25, -0.2) is 9.59 Å². The summed E-state index contributed by atoms with van der Waals surface area (Å²) < 4.78 is 38.1. The largest absolute Gasteiger partial charge is 0.479 e. The molecule has 0 aliphatic carbocycles. The monoisotopic (exact) mass is 313 g/mol. The molecule has 10 heteroatoms. The van der Waals surface area contributed by atoms with E-state index in [9.17, 15) is 27.6 Å². The van der Waals surface area contributed by atoms with E-state index in [1.54, 1.807) is 0 Å². The van der Waals surface area contributed by atoms with Crippen molar-refractivity contribution < 1.29 is 32.7 Å². The van der Waals surface area contributed by atoms with E-state index in [-0.39, 0.29) is 6.54 Å². The van der Waals surface area contributed by atoms with E-state index in [2.05, 4.69) is 5.32 Å². The Hall–Kier alpha value is -2.00. The molecule has 4 N–H and O–H groups in total. The molecule has 0 aliphatic heterocycles. The topological polar surface area (TPSA) is 108 Å². The number of rotatable bonds is 5. The first-order chi connectivity index (χ1) is 9.28. The van der Waals surface area contributed by atoms with Gasteiger partial charge in [-0.1, -0.05) is 0 Å². The zero-order valence-corrected chi connectivity index (χ0v) is 12.0. The van der Waals surface area contributed by atoms with Gasteiger partial charge in [0.05, 0.1) is 5.41 Å². The Bertz CT molecular complexity index is 437. The lowest BCUT2D eigenvalue weighted by Gasteiger charge is -2.29. The first-order valence-corrected chi connectivity index (χ1v) is 5.86. The molecule has 1 atom stereocenters. The summed E-state index contributed by atoms with van der Waals surface area (Å²) in [6.07, 6.45) is -5.17. The molecule has 0 aromatic carbocycles. The smallest absolute Gasteiger partial charge is 0.422 e. The highest BCUT2D eigenvalue weighted by Gasteiger charge is 2.58. The molecule has 0 fully saturated rings. The number of halogens is 3. The molecule has 122 valence electrons. The standard InChI is InChI=1S/C11H18F3N3O4/c1-9(2,6(18)15-4)5-16-8(21)17-10(3,7(19)20)11(12,13)14/h5H2,1-4H3,(H,15,18)(H,19,20)(H2,16,17,21). The maximum Gasteiger partial charge on any atom is 0.422 e. The molecule has 21 heavy (non-hydrogen) atoms. The summed E-state index contributed by atoms with van der Waals surface area (Å²) in [5.74, 6) is -2.67. The summed E-state index contributed by atoms with van der Waals surface area (Å²) >= 11 is 0. The van der Waals surface area contributed by atoms with E-state index in [1.807, 2.05) is 5.32 Å². The Balaban J connectivity index is 4.84. The van der Waals surface area contributed by atoms with Gasteiger partial charge in [-0.05, 0) is 20.8 Å². The van der Waals surface area contributed by atoms with E-state index in [4.69, 9.17) is 5.11 Å². The first-order valence-electron chi connectivity index (χ1n) is 5.86. The van der Waals surface area contributed by atoms with Gasteiger partial charge in [0.25, 0.3) is 0 Å². The van der Waals surface area contributed by atoms with Crippen LogP contribution < -0.4 is 16.0 Å². The summed E-state index contributed by atoms with van der Waals surface area (Å²) in [7, 11) is 1.37. The van der Waals surface area contributed by atoms with Crippen LogP contribution in [0.3, 0.4) is 0 Å². The molecule has 0 rings (SSSR count). The Labute approximate surface area is 119 Å². The first kappa shape index (κ1) is 19.0. The van der Waals surface area contributed by atoms with E-state index >= 15 is 0 Å². The van der Waals surface area contributed by atoms with E-state index in [0.29, 0.717) is 6.92 Å². The van der Waals surface area contributed by atoms with Crippen LogP contribution in [0.1, 0.15) is 20.8 Å². The number of aliphatic carboxylic acids is 1. The number of carboxylic acid groups (broad SMARTS) is 1. The summed E-state index contributed by atoms with van der Waals surface area (Å²) in [6.45, 7) is 2.99. The zero-order valence-electron chi connectivity index (χ0n) is 12.0. The molecule has 1 unspecified atom stereocenters. The number of hydrogen-bond donors (Lipinski definition) is 4. The fourth-order valence-electron chi connectivity index (χ4n) is 1.24. The summed E-state index contributed by atoms with van der Waals surface area (Å²) in [5, 5.41) is 14.4. The molecule has 0 spiro atoms.